The lowest BCUT2D eigenvalue weighted by Gasteiger charge is -2.45. The van der Waals surface area contributed by atoms with Crippen LogP contribution in [0.25, 0.3) is 0 Å². The molecule has 0 spiro atoms. The van der Waals surface area contributed by atoms with Gasteiger partial charge in [0.1, 0.15) is 5.75 Å². The molecule has 2 aliphatic heterocycles. The SMILES string of the molecule is COC(=O)CC1c2cc(C#N)ccc2N=C(N2CCN(c3cccc(OC)c3)CC2)N1c1cccc(C(F)(F)F)c1. The summed E-state index contributed by atoms with van der Waals surface area (Å²) in [7, 11) is 2.88. The van der Waals surface area contributed by atoms with Gasteiger partial charge in [0, 0.05) is 49.2 Å². The fraction of sp³-hybridized carbons (Fsp3) is 0.300. The lowest BCUT2D eigenvalue weighted by atomic mass is 9.95. The summed E-state index contributed by atoms with van der Waals surface area (Å²) in [6, 6.07) is 19.0. The number of ether oxygens (including phenoxy) is 2. The van der Waals surface area contributed by atoms with E-state index in [0.717, 1.165) is 23.6 Å². The normalized spacial score (nSPS) is 16.9. The monoisotopic (exact) mass is 563 g/mol. The van der Waals surface area contributed by atoms with E-state index in [2.05, 4.69) is 11.0 Å². The van der Waals surface area contributed by atoms with E-state index in [4.69, 9.17) is 14.5 Å². The molecule has 212 valence electrons. The van der Waals surface area contributed by atoms with Crippen molar-refractivity contribution in [3.63, 3.8) is 0 Å². The Hall–Kier alpha value is -4.72. The first-order chi connectivity index (χ1) is 19.7. The molecule has 3 aromatic carbocycles. The molecule has 0 aliphatic carbocycles. The van der Waals surface area contributed by atoms with E-state index in [-0.39, 0.29) is 12.1 Å². The van der Waals surface area contributed by atoms with E-state index in [1.807, 2.05) is 29.2 Å². The fourth-order valence-electron chi connectivity index (χ4n) is 5.20. The van der Waals surface area contributed by atoms with Gasteiger partial charge in [-0.25, -0.2) is 4.99 Å². The number of carbonyl (C=O) groups excluding carboxylic acids is 1. The van der Waals surface area contributed by atoms with Gasteiger partial charge in [0.2, 0.25) is 5.96 Å². The Bertz CT molecular complexity index is 1510. The number of nitrogens with zero attached hydrogens (tertiary/aromatic N) is 5. The molecule has 1 fully saturated rings. The molecule has 2 heterocycles. The quantitative estimate of drug-likeness (QED) is 0.378. The first-order valence-corrected chi connectivity index (χ1v) is 13.0. The predicted octanol–water partition coefficient (Wildman–Crippen LogP) is 5.52. The van der Waals surface area contributed by atoms with Crippen LogP contribution in [-0.4, -0.2) is 57.2 Å². The molecule has 0 N–H and O–H groups in total. The summed E-state index contributed by atoms with van der Waals surface area (Å²) in [5.74, 6) is 0.640. The molecule has 0 radical (unpaired) electrons. The van der Waals surface area contributed by atoms with Gasteiger partial charge in [-0.15, -0.1) is 0 Å². The Morgan fingerprint density at radius 1 is 0.976 bits per heavy atom. The van der Waals surface area contributed by atoms with Crippen LogP contribution >= 0.6 is 0 Å². The van der Waals surface area contributed by atoms with Crippen molar-refractivity contribution in [3.05, 3.63) is 83.4 Å². The smallest absolute Gasteiger partial charge is 0.416 e. The molecular weight excluding hydrogens is 535 g/mol. The van der Waals surface area contributed by atoms with Gasteiger partial charge in [-0.3, -0.25) is 4.79 Å². The maximum atomic E-state index is 13.8. The molecule has 41 heavy (non-hydrogen) atoms. The summed E-state index contributed by atoms with van der Waals surface area (Å²) in [4.78, 5) is 23.4. The van der Waals surface area contributed by atoms with Gasteiger partial charge in [-0.1, -0.05) is 12.1 Å². The van der Waals surface area contributed by atoms with Gasteiger partial charge >= 0.3 is 12.1 Å². The summed E-state index contributed by atoms with van der Waals surface area (Å²) >= 11 is 0. The van der Waals surface area contributed by atoms with Crippen molar-refractivity contribution < 1.29 is 27.4 Å². The molecule has 1 atom stereocenters. The third kappa shape index (κ3) is 5.77. The maximum absolute atomic E-state index is 13.8. The number of hydrogen-bond donors (Lipinski definition) is 0. The van der Waals surface area contributed by atoms with Crippen LogP contribution in [0.2, 0.25) is 0 Å². The first kappa shape index (κ1) is 27.8. The van der Waals surface area contributed by atoms with Crippen LogP contribution < -0.4 is 14.5 Å². The average molecular weight is 564 g/mol. The van der Waals surface area contributed by atoms with Crippen LogP contribution in [0.5, 0.6) is 5.75 Å². The second kappa shape index (κ2) is 11.4. The van der Waals surface area contributed by atoms with Crippen molar-refractivity contribution in [3.8, 4) is 11.8 Å². The van der Waals surface area contributed by atoms with Crippen LogP contribution in [0.1, 0.15) is 29.2 Å². The van der Waals surface area contributed by atoms with E-state index in [0.29, 0.717) is 49.0 Å². The molecule has 3 aromatic rings. The standard InChI is InChI=1S/C30H28F3N5O3/c1-40-24-8-4-6-22(17-24)36-11-13-37(14-12-36)29-35-26-10-9-20(19-34)15-25(26)27(18-28(39)41-2)38(29)23-7-3-5-21(16-23)30(31,32)33/h3-10,15-17,27H,11-14,18H2,1-2H3. The van der Waals surface area contributed by atoms with Crippen LogP contribution in [-0.2, 0) is 15.7 Å². The summed E-state index contributed by atoms with van der Waals surface area (Å²) in [5.41, 5.74) is 1.88. The van der Waals surface area contributed by atoms with Gasteiger partial charge in [-0.05, 0) is 48.5 Å². The van der Waals surface area contributed by atoms with E-state index in [1.54, 1.807) is 36.3 Å². The van der Waals surface area contributed by atoms with Crippen molar-refractivity contribution >= 4 is 29.0 Å². The second-order valence-corrected chi connectivity index (χ2v) is 9.69. The number of nitriles is 1. The van der Waals surface area contributed by atoms with Crippen LogP contribution in [0, 0.1) is 11.3 Å². The van der Waals surface area contributed by atoms with Crippen molar-refractivity contribution in [2.45, 2.75) is 18.6 Å². The van der Waals surface area contributed by atoms with E-state index in [9.17, 15) is 23.2 Å². The molecule has 0 saturated carbocycles. The number of guanidine groups is 1. The van der Waals surface area contributed by atoms with Gasteiger partial charge in [0.25, 0.3) is 0 Å². The predicted molar refractivity (Wildman–Crippen MR) is 148 cm³/mol. The van der Waals surface area contributed by atoms with Crippen LogP contribution in [0.15, 0.2) is 71.7 Å². The summed E-state index contributed by atoms with van der Waals surface area (Å²) in [6.45, 7) is 2.32. The summed E-state index contributed by atoms with van der Waals surface area (Å²) in [6.07, 6.45) is -4.72. The number of aliphatic imine (C=N–C) groups is 1. The number of halogens is 3. The molecule has 2 aliphatic rings. The molecule has 1 unspecified atom stereocenters. The average Bonchev–Trinajstić information content (AvgIpc) is 3.00. The number of methoxy groups -OCH3 is 2. The summed E-state index contributed by atoms with van der Waals surface area (Å²) in [5, 5.41) is 9.53. The minimum Gasteiger partial charge on any atom is -0.497 e. The highest BCUT2D eigenvalue weighted by Crippen LogP contribution is 2.42. The molecule has 0 amide bonds. The topological polar surface area (TPSA) is 81.4 Å². The minimum atomic E-state index is -4.56. The molecule has 11 heteroatoms. The van der Waals surface area contributed by atoms with Gasteiger partial charge < -0.3 is 24.2 Å². The van der Waals surface area contributed by atoms with Crippen molar-refractivity contribution in [1.29, 1.82) is 5.26 Å². The lowest BCUT2D eigenvalue weighted by molar-refractivity contribution is -0.141. The Morgan fingerprint density at radius 3 is 2.37 bits per heavy atom. The Balaban J connectivity index is 1.57. The number of fused-ring (bicyclic) bond motifs is 1. The zero-order chi connectivity index (χ0) is 29.1. The van der Waals surface area contributed by atoms with E-state index < -0.39 is 23.8 Å². The lowest BCUT2D eigenvalue weighted by Crippen LogP contribution is -2.55. The highest BCUT2D eigenvalue weighted by atomic mass is 19.4. The molecular formula is C30H28F3N5O3. The zero-order valence-corrected chi connectivity index (χ0v) is 22.6. The Labute approximate surface area is 235 Å². The number of carbonyl (C=O) groups is 1. The van der Waals surface area contributed by atoms with Gasteiger partial charge in [0.15, 0.2) is 0 Å². The van der Waals surface area contributed by atoms with Crippen LogP contribution in [0.3, 0.4) is 0 Å². The van der Waals surface area contributed by atoms with Crippen molar-refractivity contribution in [1.82, 2.24) is 4.90 Å². The Morgan fingerprint density at radius 2 is 1.68 bits per heavy atom. The number of piperazine rings is 1. The number of rotatable bonds is 5. The third-order valence-electron chi connectivity index (χ3n) is 7.28. The van der Waals surface area contributed by atoms with Crippen LogP contribution in [0.4, 0.5) is 30.2 Å². The van der Waals surface area contributed by atoms with Crippen molar-refractivity contribution in [2.24, 2.45) is 4.99 Å². The minimum absolute atomic E-state index is 0.155. The highest BCUT2D eigenvalue weighted by Gasteiger charge is 2.38. The number of esters is 1. The zero-order valence-electron chi connectivity index (χ0n) is 22.6. The Kier molecular flexibility index (Phi) is 7.75. The van der Waals surface area contributed by atoms with E-state index in [1.165, 1.54) is 13.2 Å². The molecule has 1 saturated heterocycles. The number of anilines is 2. The fourth-order valence-corrected chi connectivity index (χ4v) is 5.20. The third-order valence-corrected chi connectivity index (χ3v) is 7.28. The summed E-state index contributed by atoms with van der Waals surface area (Å²) < 4.78 is 51.6. The number of hydrogen-bond acceptors (Lipinski definition) is 8. The first-order valence-electron chi connectivity index (χ1n) is 13.0. The molecule has 5 rings (SSSR count). The molecule has 0 bridgehead atoms. The maximum Gasteiger partial charge on any atom is 0.416 e. The number of benzene rings is 3. The van der Waals surface area contributed by atoms with Gasteiger partial charge in [-0.2, -0.15) is 18.4 Å². The van der Waals surface area contributed by atoms with E-state index >= 15 is 0 Å². The largest absolute Gasteiger partial charge is 0.497 e. The second-order valence-electron chi connectivity index (χ2n) is 9.69. The molecule has 0 aromatic heterocycles. The molecule has 8 nitrogen and oxygen atoms in total. The van der Waals surface area contributed by atoms with Crippen molar-refractivity contribution in [2.75, 3.05) is 50.2 Å². The number of alkyl halides is 3. The van der Waals surface area contributed by atoms with Gasteiger partial charge in [0.05, 0.1) is 49.6 Å². The highest BCUT2D eigenvalue weighted by molar-refractivity contribution is 6.01.